The summed E-state index contributed by atoms with van der Waals surface area (Å²) in [5.74, 6) is 0. The number of ether oxygens (including phenoxy) is 1. The molecule has 1 fully saturated rings. The molecule has 0 aromatic heterocycles. The first-order chi connectivity index (χ1) is 14.1. The molecule has 0 unspecified atom stereocenters. The van der Waals surface area contributed by atoms with Crippen LogP contribution in [0.2, 0.25) is 0 Å². The third-order valence-corrected chi connectivity index (χ3v) is 9.78. The summed E-state index contributed by atoms with van der Waals surface area (Å²) in [4.78, 5) is 9.86. The summed E-state index contributed by atoms with van der Waals surface area (Å²) in [6, 6.07) is 32.3. The van der Waals surface area contributed by atoms with Gasteiger partial charge in [0.15, 0.2) is 6.35 Å². The second kappa shape index (κ2) is 11.4. The van der Waals surface area contributed by atoms with Gasteiger partial charge in [0.2, 0.25) is 0 Å². The van der Waals surface area contributed by atoms with E-state index in [1.807, 2.05) is 0 Å². The highest BCUT2D eigenvalue weighted by molar-refractivity contribution is 7.95. The summed E-state index contributed by atoms with van der Waals surface area (Å²) < 4.78 is 5.72. The van der Waals surface area contributed by atoms with Gasteiger partial charge in [0, 0.05) is 13.5 Å². The van der Waals surface area contributed by atoms with Crippen LogP contribution in [0.1, 0.15) is 26.2 Å². The van der Waals surface area contributed by atoms with Crippen LogP contribution in [-0.4, -0.2) is 19.7 Å². The highest BCUT2D eigenvalue weighted by Gasteiger charge is 2.45. The van der Waals surface area contributed by atoms with Crippen LogP contribution in [0.15, 0.2) is 91.0 Å². The summed E-state index contributed by atoms with van der Waals surface area (Å²) in [5, 5.41) is 4.07. The number of carbonyl (C=O) groups excluding carboxylic acids is 1. The van der Waals surface area contributed by atoms with E-state index in [2.05, 4.69) is 97.9 Å². The topological polar surface area (TPSA) is 26.3 Å². The largest absolute Gasteiger partial charge is 1.00 e. The number of hydrogen-bond acceptors (Lipinski definition) is 2. The third kappa shape index (κ3) is 5.79. The lowest BCUT2D eigenvalue weighted by atomic mass is 10.1. The molecule has 0 aliphatic heterocycles. The second-order valence-electron chi connectivity index (χ2n) is 7.92. The molecule has 0 atom stereocenters. The summed E-state index contributed by atoms with van der Waals surface area (Å²) in [7, 11) is 0.0197. The fourth-order valence-corrected chi connectivity index (χ4v) is 7.30. The predicted molar refractivity (Wildman–Crippen MR) is 125 cm³/mol. The molecule has 3 aromatic carbocycles. The second-order valence-corrected chi connectivity index (χ2v) is 11.3. The van der Waals surface area contributed by atoms with Crippen molar-refractivity contribution in [2.75, 3.05) is 13.5 Å². The van der Waals surface area contributed by atoms with E-state index in [0.717, 1.165) is 12.7 Å². The Morgan fingerprint density at radius 2 is 1.17 bits per heavy atom. The molecular weight excluding hydrogens is 411 g/mol. The van der Waals surface area contributed by atoms with Crippen molar-refractivity contribution >= 4 is 29.5 Å². The van der Waals surface area contributed by atoms with Crippen molar-refractivity contribution in [1.29, 1.82) is 0 Å². The van der Waals surface area contributed by atoms with Crippen LogP contribution in [0.25, 0.3) is 0 Å². The lowest BCUT2D eigenvalue weighted by Gasteiger charge is -2.26. The Hall–Kier alpha value is -1.99. The van der Waals surface area contributed by atoms with Crippen LogP contribution in [0, 0.1) is 5.41 Å². The Morgan fingerprint density at radius 3 is 1.40 bits per heavy atom. The average Bonchev–Trinajstić information content (AvgIpc) is 3.51. The van der Waals surface area contributed by atoms with E-state index in [1.54, 1.807) is 7.11 Å². The zero-order valence-corrected chi connectivity index (χ0v) is 19.4. The fraction of sp³-hybridized carbons (Fsp3) is 0.269. The summed E-state index contributed by atoms with van der Waals surface area (Å²) in [5.41, 5.74) is 0.432. The minimum absolute atomic E-state index is 0. The zero-order valence-electron chi connectivity index (χ0n) is 17.7. The molecule has 0 saturated heterocycles. The molecule has 30 heavy (non-hydrogen) atoms. The van der Waals surface area contributed by atoms with Gasteiger partial charge in [-0.3, -0.25) is 0 Å². The number of rotatable bonds is 7. The number of carbonyl (C=O) groups is 1. The maximum atomic E-state index is 9.86. The highest BCUT2D eigenvalue weighted by Crippen LogP contribution is 2.55. The third-order valence-electron chi connectivity index (χ3n) is 5.59. The summed E-state index contributed by atoms with van der Waals surface area (Å²) in [6.45, 7) is 2.15. The van der Waals surface area contributed by atoms with Crippen LogP contribution >= 0.6 is 7.26 Å². The number of methoxy groups -OCH3 is 1. The van der Waals surface area contributed by atoms with Crippen molar-refractivity contribution < 1.29 is 21.9 Å². The van der Waals surface area contributed by atoms with E-state index in [0.29, 0.717) is 11.8 Å². The molecule has 1 aliphatic rings. The summed E-state index contributed by atoms with van der Waals surface area (Å²) >= 11 is 0. The molecule has 0 radical (unpaired) electrons. The quantitative estimate of drug-likeness (QED) is 0.415. The molecule has 0 bridgehead atoms. The number of hydrogen-bond donors (Lipinski definition) is 0. The van der Waals surface area contributed by atoms with Gasteiger partial charge in [-0.2, -0.15) is 0 Å². The first kappa shape index (κ1) is 24.3. The monoisotopic (exact) mass is 440 g/mol. The van der Waals surface area contributed by atoms with Crippen molar-refractivity contribution in [1.82, 2.24) is 0 Å². The Bertz CT molecular complexity index is 784. The molecule has 158 valence electrons. The van der Waals surface area contributed by atoms with E-state index in [9.17, 15) is 4.79 Å². The molecule has 0 amide bonds. The maximum Gasteiger partial charge on any atom is 0.170 e. The molecule has 4 heteroatoms. The number of benzene rings is 3. The minimum Gasteiger partial charge on any atom is -1.00 e. The Morgan fingerprint density at radius 1 is 0.800 bits per heavy atom. The van der Waals surface area contributed by atoms with Crippen molar-refractivity contribution in [2.45, 2.75) is 26.2 Å². The van der Waals surface area contributed by atoms with E-state index in [-0.39, 0.29) is 12.4 Å². The number of aldehydes is 1. The van der Waals surface area contributed by atoms with Crippen LogP contribution in [0.3, 0.4) is 0 Å². The lowest BCUT2D eigenvalue weighted by molar-refractivity contribution is -0.108. The van der Waals surface area contributed by atoms with Gasteiger partial charge in [0.05, 0.1) is 0 Å². The normalized spacial score (nSPS) is 13.9. The molecule has 0 N–H and O–H groups in total. The van der Waals surface area contributed by atoms with Gasteiger partial charge >= 0.3 is 0 Å². The van der Waals surface area contributed by atoms with E-state index >= 15 is 0 Å². The fourth-order valence-electron chi connectivity index (χ4n) is 3.53. The van der Waals surface area contributed by atoms with E-state index in [4.69, 9.17) is 4.74 Å². The Labute approximate surface area is 187 Å². The minimum atomic E-state index is -1.78. The van der Waals surface area contributed by atoms with Gasteiger partial charge in [-0.1, -0.05) is 61.5 Å². The van der Waals surface area contributed by atoms with Gasteiger partial charge in [0.25, 0.3) is 0 Å². The SMILES string of the molecule is CC1(CC=O)CC1.COC[P+](c1ccccc1)(c1ccccc1)c1ccccc1.[Cl-]. The standard InChI is InChI=1S/C20H20OP.C6H10O.ClH/c1-21-17-22(18-11-5-2-6-12-18,19-13-7-3-8-14-19)20-15-9-4-10-16-20;1-6(2-3-6)4-5-7;/h2-16H,17H2,1H3;5H,2-4H2,1H3;1H/q+1;;/p-1. The van der Waals surface area contributed by atoms with E-state index in [1.165, 1.54) is 28.8 Å². The molecule has 1 aliphatic carbocycles. The highest BCUT2D eigenvalue weighted by atomic mass is 35.5. The van der Waals surface area contributed by atoms with Gasteiger partial charge < -0.3 is 21.9 Å². The number of halogens is 1. The van der Waals surface area contributed by atoms with Crippen LogP contribution in [0.4, 0.5) is 0 Å². The van der Waals surface area contributed by atoms with E-state index < -0.39 is 7.26 Å². The van der Waals surface area contributed by atoms with Crippen molar-refractivity contribution in [2.24, 2.45) is 5.41 Å². The molecular formula is C26H30ClO2P. The molecule has 1 saturated carbocycles. The van der Waals surface area contributed by atoms with Gasteiger partial charge in [-0.15, -0.1) is 0 Å². The van der Waals surface area contributed by atoms with Crippen LogP contribution < -0.4 is 28.3 Å². The lowest BCUT2D eigenvalue weighted by Crippen LogP contribution is -3.00. The molecule has 2 nitrogen and oxygen atoms in total. The molecule has 4 rings (SSSR count). The molecule has 3 aromatic rings. The maximum absolute atomic E-state index is 9.86. The molecule has 0 spiro atoms. The smallest absolute Gasteiger partial charge is 0.170 e. The van der Waals surface area contributed by atoms with Gasteiger partial charge in [0.1, 0.15) is 29.5 Å². The van der Waals surface area contributed by atoms with Crippen LogP contribution in [-0.2, 0) is 9.53 Å². The first-order valence-electron chi connectivity index (χ1n) is 10.1. The average molecular weight is 441 g/mol. The van der Waals surface area contributed by atoms with Crippen molar-refractivity contribution in [3.8, 4) is 0 Å². The van der Waals surface area contributed by atoms with Gasteiger partial charge in [-0.25, -0.2) is 0 Å². The van der Waals surface area contributed by atoms with Gasteiger partial charge in [-0.05, 0) is 54.7 Å². The zero-order chi connectivity index (χ0) is 20.6. The first-order valence-corrected chi connectivity index (χ1v) is 12.1. The van der Waals surface area contributed by atoms with Crippen molar-refractivity contribution in [3.05, 3.63) is 91.0 Å². The summed E-state index contributed by atoms with van der Waals surface area (Å²) in [6.07, 6.45) is 5.02. The predicted octanol–water partition coefficient (Wildman–Crippen LogP) is 1.96. The Balaban J connectivity index is 0.000000341. The molecule has 0 heterocycles. The Kier molecular flexibility index (Phi) is 9.24. The van der Waals surface area contributed by atoms with Crippen LogP contribution in [0.5, 0.6) is 0 Å². The van der Waals surface area contributed by atoms with Crippen molar-refractivity contribution in [3.63, 3.8) is 0 Å².